The first-order valence-electron chi connectivity index (χ1n) is 10.2. The lowest BCUT2D eigenvalue weighted by Crippen LogP contribution is -2.48. The lowest BCUT2D eigenvalue weighted by Gasteiger charge is -2.34. The number of carbonyl (C=O) groups excluding carboxylic acids is 2. The zero-order valence-corrected chi connectivity index (χ0v) is 18.8. The highest BCUT2D eigenvalue weighted by Gasteiger charge is 2.21. The number of thioether (sulfide) groups is 1. The van der Waals surface area contributed by atoms with E-state index >= 15 is 0 Å². The first-order valence-corrected chi connectivity index (χ1v) is 11.4. The molecule has 0 bridgehead atoms. The van der Waals surface area contributed by atoms with Gasteiger partial charge in [-0.25, -0.2) is 0 Å². The van der Waals surface area contributed by atoms with E-state index in [9.17, 15) is 9.59 Å². The molecule has 0 saturated carbocycles. The molecule has 1 fully saturated rings. The molecule has 1 amide bonds. The summed E-state index contributed by atoms with van der Waals surface area (Å²) in [6, 6.07) is 15.2. The molecule has 2 aromatic carbocycles. The molecular weight excluding hydrogens is 410 g/mol. The van der Waals surface area contributed by atoms with Gasteiger partial charge in [-0.15, -0.1) is 11.8 Å². The van der Waals surface area contributed by atoms with Crippen LogP contribution in [0.2, 0.25) is 0 Å². The second-order valence-corrected chi connectivity index (χ2v) is 8.53. The maximum absolute atomic E-state index is 12.6. The van der Waals surface area contributed by atoms with Gasteiger partial charge in [-0.05, 0) is 42.8 Å². The number of carbonyl (C=O) groups is 2. The van der Waals surface area contributed by atoms with E-state index in [0.717, 1.165) is 44.0 Å². The minimum atomic E-state index is 0.0175. The summed E-state index contributed by atoms with van der Waals surface area (Å²) in [6.45, 7) is 5.49. The number of rotatable bonds is 8. The average molecular weight is 438 g/mol. The maximum atomic E-state index is 12.6. The molecule has 1 heterocycles. The molecule has 3 rings (SSSR count). The van der Waals surface area contributed by atoms with Crippen LogP contribution in [0.3, 0.4) is 0 Å². The Labute approximate surface area is 187 Å². The van der Waals surface area contributed by atoms with Gasteiger partial charge in [0.2, 0.25) is 5.91 Å². The van der Waals surface area contributed by atoms with Gasteiger partial charge in [0.1, 0.15) is 5.75 Å². The Kier molecular flexibility index (Phi) is 8.10. The number of hydrogen-bond donors (Lipinski definition) is 0. The number of amides is 1. The minimum Gasteiger partial charge on any atom is -0.496 e. The number of Topliss-reactive ketones (excluding diaryl/α,β-unsaturated/α-hetero) is 1. The Hall–Kier alpha value is -2.82. The summed E-state index contributed by atoms with van der Waals surface area (Å²) in [4.78, 5) is 28.5. The second-order valence-electron chi connectivity index (χ2n) is 7.54. The standard InChI is InChI=1S/C24H27N3O3S/c1-18(28)21-7-8-23(30-2)22(13-21)16-31-17-24(29)27-11-9-26(10-12-27)15-20-5-3-19(14-25)4-6-20/h3-8,13H,9-12,15-17H2,1-2H3. The van der Waals surface area contributed by atoms with E-state index < -0.39 is 0 Å². The van der Waals surface area contributed by atoms with Crippen LogP contribution >= 0.6 is 11.8 Å². The quantitative estimate of drug-likeness (QED) is 0.590. The normalized spacial score (nSPS) is 14.2. The van der Waals surface area contributed by atoms with Crippen molar-refractivity contribution in [2.24, 2.45) is 0 Å². The Morgan fingerprint density at radius 3 is 2.42 bits per heavy atom. The largest absolute Gasteiger partial charge is 0.496 e. The zero-order valence-electron chi connectivity index (χ0n) is 18.0. The van der Waals surface area contributed by atoms with Gasteiger partial charge < -0.3 is 9.64 Å². The number of ether oxygens (including phenoxy) is 1. The number of methoxy groups -OCH3 is 1. The Morgan fingerprint density at radius 1 is 1.10 bits per heavy atom. The van der Waals surface area contributed by atoms with Crippen LogP contribution < -0.4 is 4.74 Å². The molecule has 0 unspecified atom stereocenters. The summed E-state index contributed by atoms with van der Waals surface area (Å²) in [6.07, 6.45) is 0. The number of benzene rings is 2. The molecule has 0 N–H and O–H groups in total. The second kappa shape index (κ2) is 11.0. The molecule has 0 atom stereocenters. The van der Waals surface area contributed by atoms with E-state index in [-0.39, 0.29) is 11.7 Å². The predicted molar refractivity (Wildman–Crippen MR) is 122 cm³/mol. The van der Waals surface area contributed by atoms with Crippen molar-refractivity contribution in [3.63, 3.8) is 0 Å². The Bertz CT molecular complexity index is 961. The highest BCUT2D eigenvalue weighted by atomic mass is 32.2. The van der Waals surface area contributed by atoms with Crippen LogP contribution in [0.25, 0.3) is 0 Å². The van der Waals surface area contributed by atoms with Gasteiger partial charge in [-0.2, -0.15) is 5.26 Å². The SMILES string of the molecule is COc1ccc(C(C)=O)cc1CSCC(=O)N1CCN(Cc2ccc(C#N)cc2)CC1. The van der Waals surface area contributed by atoms with Gasteiger partial charge >= 0.3 is 0 Å². The van der Waals surface area contributed by atoms with Crippen LogP contribution in [0.5, 0.6) is 5.75 Å². The van der Waals surface area contributed by atoms with Crippen molar-refractivity contribution in [3.05, 3.63) is 64.7 Å². The number of piperazine rings is 1. The van der Waals surface area contributed by atoms with Gasteiger partial charge in [0.15, 0.2) is 5.78 Å². The molecule has 0 radical (unpaired) electrons. The number of ketones is 1. The molecule has 31 heavy (non-hydrogen) atoms. The fourth-order valence-electron chi connectivity index (χ4n) is 3.55. The van der Waals surface area contributed by atoms with Crippen molar-refractivity contribution in [1.82, 2.24) is 9.80 Å². The molecule has 1 saturated heterocycles. The Balaban J connectivity index is 1.44. The van der Waals surface area contributed by atoms with Crippen molar-refractivity contribution < 1.29 is 14.3 Å². The summed E-state index contributed by atoms with van der Waals surface area (Å²) in [5, 5.41) is 8.90. The van der Waals surface area contributed by atoms with Crippen LogP contribution in [-0.4, -0.2) is 60.5 Å². The zero-order chi connectivity index (χ0) is 22.2. The van der Waals surface area contributed by atoms with Crippen molar-refractivity contribution in [2.75, 3.05) is 39.0 Å². The minimum absolute atomic E-state index is 0.0175. The summed E-state index contributed by atoms with van der Waals surface area (Å²) in [5.41, 5.74) is 3.43. The first-order chi connectivity index (χ1) is 15.0. The van der Waals surface area contributed by atoms with E-state index in [1.165, 1.54) is 5.56 Å². The van der Waals surface area contributed by atoms with Crippen molar-refractivity contribution in [2.45, 2.75) is 19.2 Å². The maximum Gasteiger partial charge on any atom is 0.232 e. The van der Waals surface area contributed by atoms with Gasteiger partial charge in [0.25, 0.3) is 0 Å². The molecule has 1 aliphatic rings. The smallest absolute Gasteiger partial charge is 0.232 e. The van der Waals surface area contributed by atoms with Gasteiger partial charge in [-0.3, -0.25) is 14.5 Å². The number of hydrogen-bond acceptors (Lipinski definition) is 6. The Morgan fingerprint density at radius 2 is 1.81 bits per heavy atom. The summed E-state index contributed by atoms with van der Waals surface area (Å²) in [7, 11) is 1.61. The molecule has 162 valence electrons. The van der Waals surface area contributed by atoms with Crippen LogP contribution in [0.1, 0.15) is 34.0 Å². The average Bonchev–Trinajstić information content (AvgIpc) is 2.79. The van der Waals surface area contributed by atoms with E-state index in [4.69, 9.17) is 10.00 Å². The third kappa shape index (κ3) is 6.33. The predicted octanol–water partition coefficient (Wildman–Crippen LogP) is 3.35. The van der Waals surface area contributed by atoms with Crippen LogP contribution in [-0.2, 0) is 17.1 Å². The van der Waals surface area contributed by atoms with E-state index in [1.54, 1.807) is 31.9 Å². The summed E-state index contributed by atoms with van der Waals surface area (Å²) in [5.74, 6) is 1.92. The lowest BCUT2D eigenvalue weighted by atomic mass is 10.1. The molecule has 2 aromatic rings. The molecular formula is C24H27N3O3S. The van der Waals surface area contributed by atoms with E-state index in [0.29, 0.717) is 22.6 Å². The van der Waals surface area contributed by atoms with Crippen molar-refractivity contribution in [3.8, 4) is 11.8 Å². The van der Waals surface area contributed by atoms with Gasteiger partial charge in [0, 0.05) is 49.6 Å². The fraction of sp³-hybridized carbons (Fsp3) is 0.375. The third-order valence-electron chi connectivity index (χ3n) is 5.38. The summed E-state index contributed by atoms with van der Waals surface area (Å²) < 4.78 is 5.39. The molecule has 1 aliphatic heterocycles. The van der Waals surface area contributed by atoms with Crippen molar-refractivity contribution >= 4 is 23.5 Å². The number of nitriles is 1. The van der Waals surface area contributed by atoms with Crippen molar-refractivity contribution in [1.29, 1.82) is 5.26 Å². The molecule has 0 aromatic heterocycles. The number of nitrogens with zero attached hydrogens (tertiary/aromatic N) is 3. The van der Waals surface area contributed by atoms with Gasteiger partial charge in [-0.1, -0.05) is 12.1 Å². The highest BCUT2D eigenvalue weighted by molar-refractivity contribution is 7.99. The third-order valence-corrected chi connectivity index (χ3v) is 6.35. The van der Waals surface area contributed by atoms with Gasteiger partial charge in [0.05, 0.1) is 24.5 Å². The molecule has 7 heteroatoms. The van der Waals surface area contributed by atoms with Crippen LogP contribution in [0.15, 0.2) is 42.5 Å². The topological polar surface area (TPSA) is 73.6 Å². The molecule has 6 nitrogen and oxygen atoms in total. The monoisotopic (exact) mass is 437 g/mol. The molecule has 0 aliphatic carbocycles. The van der Waals surface area contributed by atoms with Crippen LogP contribution in [0, 0.1) is 11.3 Å². The highest BCUT2D eigenvalue weighted by Crippen LogP contribution is 2.25. The summed E-state index contributed by atoms with van der Waals surface area (Å²) >= 11 is 1.54. The van der Waals surface area contributed by atoms with E-state index in [2.05, 4.69) is 11.0 Å². The van der Waals surface area contributed by atoms with E-state index in [1.807, 2.05) is 41.3 Å². The fourth-order valence-corrected chi connectivity index (χ4v) is 4.45. The molecule has 0 spiro atoms. The lowest BCUT2D eigenvalue weighted by molar-refractivity contribution is -0.130. The first kappa shape index (κ1) is 22.9. The van der Waals surface area contributed by atoms with Crippen LogP contribution in [0.4, 0.5) is 0 Å².